The number of benzene rings is 1. The Labute approximate surface area is 91.5 Å². The number of rotatable bonds is 3. The third kappa shape index (κ3) is 1.92. The van der Waals surface area contributed by atoms with Gasteiger partial charge in [0.25, 0.3) is 0 Å². The van der Waals surface area contributed by atoms with Crippen LogP contribution in [0.1, 0.15) is 38.8 Å². The minimum atomic E-state index is 0.613. The van der Waals surface area contributed by atoms with Crippen LogP contribution >= 0.6 is 0 Å². The molecule has 1 N–H and O–H groups in total. The summed E-state index contributed by atoms with van der Waals surface area (Å²) in [5.74, 6) is 1.35. The molecular weight excluding hydrogens is 182 g/mol. The second-order valence-electron chi connectivity index (χ2n) is 4.49. The van der Waals surface area contributed by atoms with Crippen molar-refractivity contribution in [1.82, 2.24) is 4.98 Å². The lowest BCUT2D eigenvalue weighted by molar-refractivity contribution is 0.467. The van der Waals surface area contributed by atoms with E-state index in [-0.39, 0.29) is 0 Å². The Morgan fingerprint density at radius 1 is 1.20 bits per heavy atom. The molecule has 0 radical (unpaired) electrons. The lowest BCUT2D eigenvalue weighted by Crippen LogP contribution is -2.04. The maximum Gasteiger partial charge on any atom is 0.0456 e. The number of nitrogens with one attached hydrogen (secondary N) is 1. The van der Waals surface area contributed by atoms with Crippen LogP contribution in [-0.4, -0.2) is 4.98 Å². The molecule has 80 valence electrons. The summed E-state index contributed by atoms with van der Waals surface area (Å²) in [6.45, 7) is 6.87. The van der Waals surface area contributed by atoms with E-state index in [2.05, 4.69) is 56.1 Å². The highest BCUT2D eigenvalue weighted by atomic mass is 14.7. The molecule has 0 saturated heterocycles. The van der Waals surface area contributed by atoms with Crippen molar-refractivity contribution in [3.63, 3.8) is 0 Å². The van der Waals surface area contributed by atoms with E-state index in [1.165, 1.54) is 23.0 Å². The van der Waals surface area contributed by atoms with E-state index in [9.17, 15) is 0 Å². The third-order valence-electron chi connectivity index (χ3n) is 3.54. The smallest absolute Gasteiger partial charge is 0.0456 e. The first-order valence-corrected chi connectivity index (χ1v) is 5.80. The van der Waals surface area contributed by atoms with Crippen molar-refractivity contribution >= 4 is 10.9 Å². The summed E-state index contributed by atoms with van der Waals surface area (Å²) >= 11 is 0. The van der Waals surface area contributed by atoms with E-state index < -0.39 is 0 Å². The molecule has 0 aliphatic carbocycles. The molecule has 1 nitrogen and oxygen atoms in total. The quantitative estimate of drug-likeness (QED) is 0.761. The first kappa shape index (κ1) is 10.3. The summed E-state index contributed by atoms with van der Waals surface area (Å²) in [6.07, 6.45) is 1.23. The van der Waals surface area contributed by atoms with Crippen molar-refractivity contribution in [2.24, 2.45) is 5.92 Å². The maximum absolute atomic E-state index is 3.51. The fourth-order valence-electron chi connectivity index (χ4n) is 2.00. The molecule has 1 heterocycles. The van der Waals surface area contributed by atoms with E-state index in [4.69, 9.17) is 0 Å². The SMILES string of the molecule is CCC(C)C(C)c1cc2ccccc2[nH]1. The zero-order chi connectivity index (χ0) is 10.8. The van der Waals surface area contributed by atoms with Gasteiger partial charge in [-0.1, -0.05) is 45.4 Å². The molecule has 1 aromatic heterocycles. The summed E-state index contributed by atoms with van der Waals surface area (Å²) in [4.78, 5) is 3.51. The van der Waals surface area contributed by atoms with Crippen LogP contribution in [-0.2, 0) is 0 Å². The number of para-hydroxylation sites is 1. The predicted octanol–water partition coefficient (Wildman–Crippen LogP) is 4.32. The average molecular weight is 201 g/mol. The normalized spacial score (nSPS) is 15.4. The molecule has 2 rings (SSSR count). The highest BCUT2D eigenvalue weighted by molar-refractivity contribution is 5.80. The van der Waals surface area contributed by atoms with Gasteiger partial charge in [-0.15, -0.1) is 0 Å². The summed E-state index contributed by atoms with van der Waals surface area (Å²) in [6, 6.07) is 10.8. The van der Waals surface area contributed by atoms with Crippen LogP contribution in [0, 0.1) is 5.92 Å². The van der Waals surface area contributed by atoms with Crippen LogP contribution in [0.25, 0.3) is 10.9 Å². The van der Waals surface area contributed by atoms with Crippen molar-refractivity contribution in [2.75, 3.05) is 0 Å². The number of H-pyrrole nitrogens is 1. The monoisotopic (exact) mass is 201 g/mol. The maximum atomic E-state index is 3.51. The molecule has 2 atom stereocenters. The molecule has 1 aromatic carbocycles. The molecule has 0 bridgehead atoms. The van der Waals surface area contributed by atoms with E-state index in [0.717, 1.165) is 5.92 Å². The van der Waals surface area contributed by atoms with Crippen LogP contribution in [0.4, 0.5) is 0 Å². The van der Waals surface area contributed by atoms with Gasteiger partial charge >= 0.3 is 0 Å². The summed E-state index contributed by atoms with van der Waals surface area (Å²) in [5.41, 5.74) is 2.62. The van der Waals surface area contributed by atoms with Gasteiger partial charge in [-0.2, -0.15) is 0 Å². The highest BCUT2D eigenvalue weighted by Crippen LogP contribution is 2.28. The molecule has 0 amide bonds. The van der Waals surface area contributed by atoms with Gasteiger partial charge in [-0.05, 0) is 29.4 Å². The number of hydrogen-bond acceptors (Lipinski definition) is 0. The van der Waals surface area contributed by atoms with Gasteiger partial charge in [0, 0.05) is 11.2 Å². The van der Waals surface area contributed by atoms with Crippen molar-refractivity contribution in [2.45, 2.75) is 33.1 Å². The second-order valence-corrected chi connectivity index (χ2v) is 4.49. The van der Waals surface area contributed by atoms with Crippen LogP contribution < -0.4 is 0 Å². The van der Waals surface area contributed by atoms with Crippen LogP contribution in [0.15, 0.2) is 30.3 Å². The highest BCUT2D eigenvalue weighted by Gasteiger charge is 2.14. The van der Waals surface area contributed by atoms with E-state index >= 15 is 0 Å². The lowest BCUT2D eigenvalue weighted by Gasteiger charge is -2.16. The van der Waals surface area contributed by atoms with Gasteiger partial charge in [0.2, 0.25) is 0 Å². The summed E-state index contributed by atoms with van der Waals surface area (Å²) < 4.78 is 0. The number of aromatic nitrogens is 1. The van der Waals surface area contributed by atoms with Gasteiger partial charge in [-0.25, -0.2) is 0 Å². The first-order valence-electron chi connectivity index (χ1n) is 5.80. The molecule has 0 aliphatic rings. The van der Waals surface area contributed by atoms with Crippen LogP contribution in [0.5, 0.6) is 0 Å². The molecule has 0 aliphatic heterocycles. The Morgan fingerprint density at radius 2 is 1.93 bits per heavy atom. The van der Waals surface area contributed by atoms with E-state index in [0.29, 0.717) is 5.92 Å². The van der Waals surface area contributed by atoms with Crippen LogP contribution in [0.2, 0.25) is 0 Å². The molecule has 15 heavy (non-hydrogen) atoms. The fourth-order valence-corrected chi connectivity index (χ4v) is 2.00. The van der Waals surface area contributed by atoms with Crippen LogP contribution in [0.3, 0.4) is 0 Å². The third-order valence-corrected chi connectivity index (χ3v) is 3.54. The van der Waals surface area contributed by atoms with Crippen molar-refractivity contribution in [1.29, 1.82) is 0 Å². The van der Waals surface area contributed by atoms with Crippen molar-refractivity contribution in [3.8, 4) is 0 Å². The lowest BCUT2D eigenvalue weighted by atomic mass is 9.91. The largest absolute Gasteiger partial charge is 0.358 e. The Morgan fingerprint density at radius 3 is 2.60 bits per heavy atom. The fraction of sp³-hybridized carbons (Fsp3) is 0.429. The first-order chi connectivity index (χ1) is 7.22. The Balaban J connectivity index is 2.36. The standard InChI is InChI=1S/C14H19N/c1-4-10(2)11(3)14-9-12-7-5-6-8-13(12)15-14/h5-11,15H,4H2,1-3H3. The van der Waals surface area contributed by atoms with Gasteiger partial charge in [0.15, 0.2) is 0 Å². The van der Waals surface area contributed by atoms with Gasteiger partial charge in [0.05, 0.1) is 0 Å². The molecule has 0 fully saturated rings. The predicted molar refractivity (Wildman–Crippen MR) is 66.2 cm³/mol. The molecule has 0 spiro atoms. The number of aromatic amines is 1. The molecule has 2 aromatic rings. The molecular formula is C14H19N. The molecule has 1 heteroatoms. The van der Waals surface area contributed by atoms with Gasteiger partial charge < -0.3 is 4.98 Å². The Kier molecular flexibility index (Phi) is 2.81. The zero-order valence-corrected chi connectivity index (χ0v) is 9.75. The van der Waals surface area contributed by atoms with Gasteiger partial charge in [-0.3, -0.25) is 0 Å². The minimum absolute atomic E-state index is 0.613. The van der Waals surface area contributed by atoms with E-state index in [1.807, 2.05) is 0 Å². The Bertz CT molecular complexity index is 408. The summed E-state index contributed by atoms with van der Waals surface area (Å²) in [5, 5.41) is 1.32. The molecule has 0 saturated carbocycles. The number of fused-ring (bicyclic) bond motifs is 1. The zero-order valence-electron chi connectivity index (χ0n) is 9.75. The van der Waals surface area contributed by atoms with Crippen molar-refractivity contribution in [3.05, 3.63) is 36.0 Å². The summed E-state index contributed by atoms with van der Waals surface area (Å²) in [7, 11) is 0. The van der Waals surface area contributed by atoms with Gasteiger partial charge in [0.1, 0.15) is 0 Å². The minimum Gasteiger partial charge on any atom is -0.358 e. The Hall–Kier alpha value is -1.24. The average Bonchev–Trinajstić information content (AvgIpc) is 2.70. The van der Waals surface area contributed by atoms with Crippen molar-refractivity contribution < 1.29 is 0 Å². The topological polar surface area (TPSA) is 15.8 Å². The molecule has 2 unspecified atom stereocenters. The second kappa shape index (κ2) is 4.09. The van der Waals surface area contributed by atoms with E-state index in [1.54, 1.807) is 0 Å². The number of hydrogen-bond donors (Lipinski definition) is 1.